The lowest BCUT2D eigenvalue weighted by atomic mass is 10.1. The molecule has 0 radical (unpaired) electrons. The number of thiophene rings is 1. The van der Waals surface area contributed by atoms with Crippen LogP contribution in [0.4, 0.5) is 0 Å². The van der Waals surface area contributed by atoms with Gasteiger partial charge in [-0.3, -0.25) is 9.78 Å². The third kappa shape index (κ3) is 3.49. The van der Waals surface area contributed by atoms with Gasteiger partial charge in [0.15, 0.2) is 0 Å². The molecule has 3 rings (SSSR count). The van der Waals surface area contributed by atoms with E-state index >= 15 is 0 Å². The van der Waals surface area contributed by atoms with Crippen molar-refractivity contribution in [2.75, 3.05) is 13.2 Å². The fraction of sp³-hybridized carbons (Fsp3) is 0.375. The molecule has 1 aliphatic rings. The van der Waals surface area contributed by atoms with Gasteiger partial charge in [-0.1, -0.05) is 6.07 Å². The van der Waals surface area contributed by atoms with Crippen molar-refractivity contribution in [2.24, 2.45) is 0 Å². The molecule has 21 heavy (non-hydrogen) atoms. The van der Waals surface area contributed by atoms with Gasteiger partial charge >= 0.3 is 0 Å². The van der Waals surface area contributed by atoms with Crippen LogP contribution >= 0.6 is 11.3 Å². The summed E-state index contributed by atoms with van der Waals surface area (Å²) in [5.74, 6) is 0.0812. The monoisotopic (exact) mass is 302 g/mol. The molecule has 4 nitrogen and oxygen atoms in total. The second-order valence-corrected chi connectivity index (χ2v) is 6.12. The minimum atomic E-state index is 0.0812. The average molecular weight is 302 g/mol. The van der Waals surface area contributed by atoms with Crippen molar-refractivity contribution in [2.45, 2.75) is 25.4 Å². The Morgan fingerprint density at radius 2 is 2.05 bits per heavy atom. The highest BCUT2D eigenvalue weighted by molar-refractivity contribution is 7.09. The van der Waals surface area contributed by atoms with Crippen molar-refractivity contribution in [3.05, 3.63) is 52.5 Å². The molecular weight excluding hydrogens is 284 g/mol. The minimum absolute atomic E-state index is 0.0812. The number of carbonyl (C=O) groups is 1. The van der Waals surface area contributed by atoms with Crippen LogP contribution in [0.1, 0.15) is 28.1 Å². The average Bonchev–Trinajstić information content (AvgIpc) is 3.07. The van der Waals surface area contributed by atoms with Crippen LogP contribution in [0.25, 0.3) is 0 Å². The van der Waals surface area contributed by atoms with Gasteiger partial charge in [0.2, 0.25) is 0 Å². The Morgan fingerprint density at radius 3 is 2.71 bits per heavy atom. The zero-order valence-corrected chi connectivity index (χ0v) is 12.6. The molecule has 3 heterocycles. The molecule has 0 bridgehead atoms. The lowest BCUT2D eigenvalue weighted by molar-refractivity contribution is 0.0270. The van der Waals surface area contributed by atoms with Crippen LogP contribution in [-0.4, -0.2) is 35.0 Å². The van der Waals surface area contributed by atoms with E-state index in [-0.39, 0.29) is 11.9 Å². The topological polar surface area (TPSA) is 42.4 Å². The van der Waals surface area contributed by atoms with Crippen LogP contribution in [0.3, 0.4) is 0 Å². The lowest BCUT2D eigenvalue weighted by Gasteiger charge is -2.34. The van der Waals surface area contributed by atoms with Crippen molar-refractivity contribution in [3.8, 4) is 0 Å². The van der Waals surface area contributed by atoms with Crippen LogP contribution in [0, 0.1) is 0 Å². The summed E-state index contributed by atoms with van der Waals surface area (Å²) in [6, 6.07) is 7.92. The largest absolute Gasteiger partial charge is 0.381 e. The van der Waals surface area contributed by atoms with Gasteiger partial charge in [-0.05, 0) is 36.4 Å². The zero-order valence-electron chi connectivity index (χ0n) is 11.8. The molecule has 1 aliphatic heterocycles. The zero-order chi connectivity index (χ0) is 14.5. The van der Waals surface area contributed by atoms with Crippen LogP contribution in [0.5, 0.6) is 0 Å². The summed E-state index contributed by atoms with van der Waals surface area (Å²) in [4.78, 5) is 20.0. The van der Waals surface area contributed by atoms with Crippen LogP contribution in [0.2, 0.25) is 0 Å². The molecule has 0 atom stereocenters. The minimum Gasteiger partial charge on any atom is -0.381 e. The third-order valence-electron chi connectivity index (χ3n) is 3.73. The lowest BCUT2D eigenvalue weighted by Crippen LogP contribution is -2.42. The van der Waals surface area contributed by atoms with E-state index in [1.165, 1.54) is 4.88 Å². The van der Waals surface area contributed by atoms with Crippen LogP contribution < -0.4 is 0 Å². The fourth-order valence-corrected chi connectivity index (χ4v) is 3.30. The Kier molecular flexibility index (Phi) is 4.62. The third-order valence-corrected chi connectivity index (χ3v) is 4.59. The van der Waals surface area contributed by atoms with E-state index in [4.69, 9.17) is 4.74 Å². The van der Waals surface area contributed by atoms with Gasteiger partial charge in [-0.2, -0.15) is 0 Å². The molecule has 5 heteroatoms. The highest BCUT2D eigenvalue weighted by Crippen LogP contribution is 2.22. The first-order chi connectivity index (χ1) is 10.3. The van der Waals surface area contributed by atoms with Crippen LogP contribution in [-0.2, 0) is 11.3 Å². The maximum atomic E-state index is 12.8. The second kappa shape index (κ2) is 6.83. The maximum Gasteiger partial charge on any atom is 0.254 e. The molecule has 1 fully saturated rings. The number of pyridine rings is 1. The summed E-state index contributed by atoms with van der Waals surface area (Å²) >= 11 is 1.69. The van der Waals surface area contributed by atoms with E-state index < -0.39 is 0 Å². The second-order valence-electron chi connectivity index (χ2n) is 5.09. The molecule has 0 saturated carbocycles. The molecule has 2 aromatic heterocycles. The van der Waals surface area contributed by atoms with Gasteiger partial charge in [0.05, 0.1) is 6.54 Å². The van der Waals surface area contributed by atoms with E-state index in [2.05, 4.69) is 16.4 Å². The van der Waals surface area contributed by atoms with E-state index in [0.29, 0.717) is 12.1 Å². The van der Waals surface area contributed by atoms with E-state index in [1.807, 2.05) is 11.0 Å². The maximum absolute atomic E-state index is 12.8. The summed E-state index contributed by atoms with van der Waals surface area (Å²) in [5.41, 5.74) is 0.702. The summed E-state index contributed by atoms with van der Waals surface area (Å²) in [7, 11) is 0. The first-order valence-corrected chi connectivity index (χ1v) is 8.03. The van der Waals surface area contributed by atoms with E-state index in [1.54, 1.807) is 35.9 Å². The molecule has 0 aliphatic carbocycles. The predicted molar refractivity (Wildman–Crippen MR) is 82.3 cm³/mol. The Balaban J connectivity index is 1.82. The number of aromatic nitrogens is 1. The number of amides is 1. The molecule has 2 aromatic rings. The van der Waals surface area contributed by atoms with Crippen molar-refractivity contribution >= 4 is 17.2 Å². The number of ether oxygens (including phenoxy) is 1. The van der Waals surface area contributed by atoms with Crippen molar-refractivity contribution in [3.63, 3.8) is 0 Å². The summed E-state index contributed by atoms with van der Waals surface area (Å²) in [5, 5.41) is 2.05. The molecule has 110 valence electrons. The molecule has 0 aromatic carbocycles. The van der Waals surface area contributed by atoms with Gasteiger partial charge in [0.1, 0.15) is 0 Å². The molecule has 1 amide bonds. The number of hydrogen-bond donors (Lipinski definition) is 0. The molecule has 0 spiro atoms. The number of nitrogens with zero attached hydrogens (tertiary/aromatic N) is 2. The quantitative estimate of drug-likeness (QED) is 0.872. The Hall–Kier alpha value is -1.72. The predicted octanol–water partition coefficient (Wildman–Crippen LogP) is 2.96. The highest BCUT2D eigenvalue weighted by Gasteiger charge is 2.26. The molecule has 0 N–H and O–H groups in total. The first-order valence-electron chi connectivity index (χ1n) is 7.16. The smallest absolute Gasteiger partial charge is 0.254 e. The van der Waals surface area contributed by atoms with Gasteiger partial charge < -0.3 is 9.64 Å². The van der Waals surface area contributed by atoms with Gasteiger partial charge in [-0.15, -0.1) is 11.3 Å². The van der Waals surface area contributed by atoms with Gasteiger partial charge in [0, 0.05) is 42.1 Å². The van der Waals surface area contributed by atoms with Crippen molar-refractivity contribution in [1.29, 1.82) is 0 Å². The Morgan fingerprint density at radius 1 is 1.29 bits per heavy atom. The van der Waals surface area contributed by atoms with Crippen molar-refractivity contribution < 1.29 is 9.53 Å². The Bertz CT molecular complexity index is 565. The number of hydrogen-bond acceptors (Lipinski definition) is 4. The molecule has 0 unspecified atom stereocenters. The van der Waals surface area contributed by atoms with Crippen molar-refractivity contribution in [1.82, 2.24) is 9.88 Å². The molecular formula is C16H18N2O2S. The first kappa shape index (κ1) is 14.2. The number of rotatable bonds is 4. The molecule has 1 saturated heterocycles. The summed E-state index contributed by atoms with van der Waals surface area (Å²) in [6.07, 6.45) is 5.14. The Labute approximate surface area is 128 Å². The fourth-order valence-electron chi connectivity index (χ4n) is 2.59. The van der Waals surface area contributed by atoms with E-state index in [0.717, 1.165) is 26.1 Å². The van der Waals surface area contributed by atoms with Crippen LogP contribution in [0.15, 0.2) is 42.0 Å². The summed E-state index contributed by atoms with van der Waals surface area (Å²) < 4.78 is 5.43. The normalized spacial score (nSPS) is 15.8. The summed E-state index contributed by atoms with van der Waals surface area (Å²) in [6.45, 7) is 2.13. The van der Waals surface area contributed by atoms with Gasteiger partial charge in [0.25, 0.3) is 5.91 Å². The SMILES string of the molecule is O=C(c1ccncc1)N(Cc1cccs1)C1CCOCC1. The van der Waals surface area contributed by atoms with Gasteiger partial charge in [-0.25, -0.2) is 0 Å². The number of carbonyl (C=O) groups excluding carboxylic acids is 1. The standard InChI is InChI=1S/C16H18N2O2S/c19-16(13-3-7-17-8-4-13)18(12-15-2-1-11-21-15)14-5-9-20-10-6-14/h1-4,7-8,11,14H,5-6,9-10,12H2. The highest BCUT2D eigenvalue weighted by atomic mass is 32.1. The van der Waals surface area contributed by atoms with E-state index in [9.17, 15) is 4.79 Å².